The second-order valence-electron chi connectivity index (χ2n) is 51.3. The number of hydrogen-bond donors (Lipinski definition) is 0. The van der Waals surface area contributed by atoms with Crippen molar-refractivity contribution in [2.45, 2.75) is 446 Å². The van der Waals surface area contributed by atoms with E-state index in [9.17, 15) is 0 Å². The van der Waals surface area contributed by atoms with Crippen LogP contribution in [0.15, 0.2) is 158 Å². The molecule has 2 fully saturated rings. The fourth-order valence-electron chi connectivity index (χ4n) is 26.9. The molecule has 0 aromatic heterocycles. The van der Waals surface area contributed by atoms with Gasteiger partial charge in [0.05, 0.1) is 0 Å². The summed E-state index contributed by atoms with van der Waals surface area (Å²) in [5.74, 6) is 0. The van der Waals surface area contributed by atoms with E-state index in [4.69, 9.17) is 0 Å². The predicted molar refractivity (Wildman–Crippen MR) is 614 cm³/mol. The number of aryl methyl sites for hydroxylation is 22. The second-order valence-corrected chi connectivity index (χ2v) is 51.3. The quantitative estimate of drug-likeness (QED) is 0.142. The van der Waals surface area contributed by atoms with E-state index in [1.807, 2.05) is 0 Å². The van der Waals surface area contributed by atoms with Gasteiger partial charge < -0.3 is 0 Å². The van der Waals surface area contributed by atoms with Crippen LogP contribution in [0.4, 0.5) is 0 Å². The van der Waals surface area contributed by atoms with Crippen molar-refractivity contribution in [2.75, 3.05) is 0 Å². The van der Waals surface area contributed by atoms with Gasteiger partial charge in [-0.1, -0.05) is 361 Å². The van der Waals surface area contributed by atoms with Crippen LogP contribution >= 0.6 is 0 Å². The van der Waals surface area contributed by atoms with Crippen LogP contribution in [0.3, 0.4) is 0 Å². The first kappa shape index (κ1) is 105. The first-order chi connectivity index (χ1) is 65.2. The number of hydrogen-bond acceptors (Lipinski definition) is 0. The maximum atomic E-state index is 2.55. The van der Waals surface area contributed by atoms with E-state index >= 15 is 0 Å². The van der Waals surface area contributed by atoms with E-state index < -0.39 is 0 Å². The summed E-state index contributed by atoms with van der Waals surface area (Å²) in [7, 11) is 0. The van der Waals surface area contributed by atoms with Gasteiger partial charge in [-0.05, 0) is 488 Å². The van der Waals surface area contributed by atoms with Crippen LogP contribution in [-0.4, -0.2) is 0 Å². The van der Waals surface area contributed by atoms with Crippen LogP contribution in [0.5, 0.6) is 0 Å². The normalized spacial score (nSPS) is 19.6. The second kappa shape index (κ2) is 37.0. The standard InChI is InChI=1S/C28H40.C24H32.C23H26.2C22H28.C21H26/c1-9-11-13-21-17-23-24-18-22(14-12-10-2)20(4)16-26(24)28(7,8)27(5,6)25(23)15-19(21)3;1-9-17-13-19-20-14-18(10-2)16(4)12-22(20)24(7,8)23(5,6)21(19)11-15(17)3;1-15-6-7-18-19-13-16(2)17(3)14-21(19)23-10-4-8-22(23,9-5-11-23)20(18)12-15;2*1-13-9-17-18-10-14(2)16(4)12-20(18)22(7,8)21(5,6)19(17)11-15(13)3;1-13-8-9-16-17-11-14(2)15(3)12-19(17)21(6,7)20(4,5)18(16)10-13/h15-18H,9-14H2,1-8H3;11-14H,9-10H2,1-8H3;6-7,12-14H,4-5,8-11H2,1-3H3;2*9-12H,1-8H3;8-12H,1-7H3. The lowest BCUT2D eigenvalue weighted by Crippen LogP contribution is -2.43. The van der Waals surface area contributed by atoms with Crippen molar-refractivity contribution in [1.29, 1.82) is 0 Å². The summed E-state index contributed by atoms with van der Waals surface area (Å²) in [5, 5.41) is 0. The molecule has 2 saturated carbocycles. The molecule has 0 radical (unpaired) electrons. The average Bonchev–Trinajstić information content (AvgIpc) is 1.52. The highest BCUT2D eigenvalue weighted by atomic mass is 14.7. The molecule has 0 unspecified atom stereocenters. The van der Waals surface area contributed by atoms with Crippen molar-refractivity contribution in [3.8, 4) is 66.8 Å². The van der Waals surface area contributed by atoms with E-state index in [1.165, 1.54) is 316 Å². The lowest BCUT2D eigenvalue weighted by atomic mass is 9.55. The van der Waals surface area contributed by atoms with E-state index in [1.54, 1.807) is 16.7 Å². The zero-order valence-electron chi connectivity index (χ0n) is 95.9. The Labute approximate surface area is 853 Å². The predicted octanol–water partition coefficient (Wildman–Crippen LogP) is 39.2. The van der Waals surface area contributed by atoms with Gasteiger partial charge in [0, 0.05) is 10.8 Å². The minimum atomic E-state index is 0.112. The molecule has 0 heterocycles. The Bertz CT molecular complexity index is 6480. The number of benzene rings is 12. The first-order valence-electron chi connectivity index (χ1n) is 54.7. The lowest BCUT2D eigenvalue weighted by Gasteiger charge is -2.49. The third-order valence-electron chi connectivity index (χ3n) is 41.1. The highest BCUT2D eigenvalue weighted by Crippen LogP contribution is 2.70. The third kappa shape index (κ3) is 16.7. The molecule has 740 valence electrons. The van der Waals surface area contributed by atoms with Gasteiger partial charge in [-0.3, -0.25) is 0 Å². The van der Waals surface area contributed by atoms with Gasteiger partial charge in [0.15, 0.2) is 0 Å². The topological polar surface area (TPSA) is 0 Å². The Morgan fingerprint density at radius 3 is 0.571 bits per heavy atom. The van der Waals surface area contributed by atoms with Crippen LogP contribution < -0.4 is 0 Å². The van der Waals surface area contributed by atoms with E-state index in [0.717, 1.165) is 12.8 Å². The van der Waals surface area contributed by atoms with Crippen LogP contribution in [0, 0.1) is 125 Å². The summed E-state index contributed by atoms with van der Waals surface area (Å²) in [4.78, 5) is 0. The largest absolute Gasteiger partial charge is 0.0654 e. The molecule has 12 aromatic carbocycles. The van der Waals surface area contributed by atoms with Gasteiger partial charge in [0.2, 0.25) is 0 Å². The summed E-state index contributed by atoms with van der Waals surface area (Å²) in [6.45, 7) is 97.8. The van der Waals surface area contributed by atoms with Crippen LogP contribution in [0.25, 0.3) is 66.8 Å². The molecular weight excluding hydrogens is 1680 g/mol. The summed E-state index contributed by atoms with van der Waals surface area (Å²) < 4.78 is 0. The molecule has 0 N–H and O–H groups in total. The van der Waals surface area contributed by atoms with Crippen molar-refractivity contribution in [2.24, 2.45) is 0 Å². The van der Waals surface area contributed by atoms with Gasteiger partial charge in [-0.25, -0.2) is 0 Å². The van der Waals surface area contributed by atoms with Gasteiger partial charge in [0.25, 0.3) is 0 Å². The summed E-state index contributed by atoms with van der Waals surface area (Å²) in [6.07, 6.45) is 18.1. The summed E-state index contributed by atoms with van der Waals surface area (Å²) in [5.41, 5.74) is 69.6. The molecule has 0 bridgehead atoms. The Balaban J connectivity index is 0.000000127. The number of rotatable bonds is 8. The molecule has 0 saturated heterocycles. The van der Waals surface area contributed by atoms with Crippen molar-refractivity contribution in [3.05, 3.63) is 347 Å². The van der Waals surface area contributed by atoms with Gasteiger partial charge in [0.1, 0.15) is 0 Å². The van der Waals surface area contributed by atoms with Crippen molar-refractivity contribution >= 4 is 0 Å². The Morgan fingerprint density at radius 1 is 0.171 bits per heavy atom. The van der Waals surface area contributed by atoms with Gasteiger partial charge in [-0.2, -0.15) is 0 Å². The van der Waals surface area contributed by atoms with Crippen molar-refractivity contribution in [1.82, 2.24) is 0 Å². The fourth-order valence-corrected chi connectivity index (χ4v) is 26.9. The molecule has 8 aliphatic carbocycles. The zero-order chi connectivity index (χ0) is 103. The fraction of sp³-hybridized carbons (Fsp3) is 0.486. The van der Waals surface area contributed by atoms with E-state index in [0.29, 0.717) is 10.8 Å². The Morgan fingerprint density at radius 2 is 0.336 bits per heavy atom. The molecule has 0 amide bonds. The zero-order valence-corrected chi connectivity index (χ0v) is 95.9. The van der Waals surface area contributed by atoms with Gasteiger partial charge in [-0.15, -0.1) is 0 Å². The molecule has 140 heavy (non-hydrogen) atoms. The van der Waals surface area contributed by atoms with Crippen LogP contribution in [0.2, 0.25) is 0 Å². The molecule has 0 heteroatoms. The number of fused-ring (bicyclic) bond motifs is 18. The molecule has 20 rings (SSSR count). The first-order valence-corrected chi connectivity index (χ1v) is 54.7. The van der Waals surface area contributed by atoms with Gasteiger partial charge >= 0.3 is 0 Å². The van der Waals surface area contributed by atoms with E-state index in [2.05, 4.69) is 449 Å². The Kier molecular flexibility index (Phi) is 27.8. The van der Waals surface area contributed by atoms with Crippen molar-refractivity contribution < 1.29 is 0 Å². The van der Waals surface area contributed by atoms with Crippen molar-refractivity contribution in [3.63, 3.8) is 0 Å². The maximum absolute atomic E-state index is 2.55. The highest BCUT2D eigenvalue weighted by molar-refractivity contribution is 5.86. The lowest BCUT2D eigenvalue weighted by molar-refractivity contribution is 0.298. The molecule has 0 spiro atoms. The average molecular weight is 1860 g/mol. The molecule has 0 nitrogen and oxygen atoms in total. The minimum Gasteiger partial charge on any atom is -0.0654 e. The third-order valence-corrected chi connectivity index (χ3v) is 41.1. The van der Waals surface area contributed by atoms with Crippen LogP contribution in [-0.2, 0) is 90.7 Å². The summed E-state index contributed by atoms with van der Waals surface area (Å²) in [6, 6.07) is 63.3. The number of unbranched alkanes of at least 4 members (excludes halogenated alkanes) is 2. The maximum Gasteiger partial charge on any atom is 0.00563 e. The molecule has 8 aliphatic rings. The highest BCUT2D eigenvalue weighted by Gasteiger charge is 2.63. The SMILES string of the molecule is CCCCc1cc2c(cc1C)C(C)(C)C(C)(C)c1cc(C)c(CCCC)cc1-2.CCc1cc2c(cc1C)C(C)(C)C(C)(C)c1cc(C)c(CC)cc1-2.Cc1cc2c(cc1C)C(C)(C)C(C)(C)c1cc(C)c(C)cc1-2.Cc1cc2c(cc1C)C(C)(C)C(C)(C)c1cc(C)c(C)cc1-2.Cc1ccc2c(c1)C(C)(C)C(C)(C)c1cc(C)c(C)cc1-2.Cc1ccc2c(c1)C13CCCC1(CCC3)c1cc(C)c(C)cc1-2. The molecule has 12 aromatic rings. The summed E-state index contributed by atoms with van der Waals surface area (Å²) >= 11 is 0. The minimum absolute atomic E-state index is 0.112. The molecular formula is C140H180. The van der Waals surface area contributed by atoms with Crippen LogP contribution in [0.1, 0.15) is 420 Å². The monoisotopic (exact) mass is 1860 g/mol. The molecule has 0 aliphatic heterocycles. The Hall–Kier alpha value is -9.36. The molecule has 0 atom stereocenters. The smallest absolute Gasteiger partial charge is 0.00563 e. The van der Waals surface area contributed by atoms with E-state index in [-0.39, 0.29) is 54.1 Å².